The van der Waals surface area contributed by atoms with E-state index in [0.29, 0.717) is 5.69 Å². The zero-order chi connectivity index (χ0) is 9.90. The van der Waals surface area contributed by atoms with Crippen molar-refractivity contribution >= 4 is 0 Å². The minimum atomic E-state index is -2.53. The van der Waals surface area contributed by atoms with Crippen LogP contribution in [0.25, 0.3) is 0 Å². The Morgan fingerprint density at radius 1 is 1.54 bits per heavy atom. The quantitative estimate of drug-likeness (QED) is 0.778. The van der Waals surface area contributed by atoms with E-state index in [0.717, 1.165) is 0 Å². The standard InChI is InChI=1S/C9H12F2N2/c1-9(12,8(10)11)6-7-4-2-3-5-13-7/h2-5,8H,6,12H2,1H3. The molecule has 0 radical (unpaired) electrons. The van der Waals surface area contributed by atoms with E-state index >= 15 is 0 Å². The van der Waals surface area contributed by atoms with Gasteiger partial charge in [0, 0.05) is 18.3 Å². The van der Waals surface area contributed by atoms with Crippen LogP contribution in [0.15, 0.2) is 24.4 Å². The molecule has 1 heterocycles. The number of pyridine rings is 1. The summed E-state index contributed by atoms with van der Waals surface area (Å²) in [6, 6.07) is 5.18. The van der Waals surface area contributed by atoms with Gasteiger partial charge >= 0.3 is 0 Å². The maximum atomic E-state index is 12.3. The second-order valence-electron chi connectivity index (χ2n) is 3.30. The van der Waals surface area contributed by atoms with E-state index in [1.54, 1.807) is 24.4 Å². The summed E-state index contributed by atoms with van der Waals surface area (Å²) >= 11 is 0. The molecule has 72 valence electrons. The lowest BCUT2D eigenvalue weighted by molar-refractivity contribution is 0.0634. The van der Waals surface area contributed by atoms with Crippen molar-refractivity contribution in [2.24, 2.45) is 5.73 Å². The van der Waals surface area contributed by atoms with Crippen LogP contribution < -0.4 is 5.73 Å². The minimum Gasteiger partial charge on any atom is -0.320 e. The van der Waals surface area contributed by atoms with E-state index in [2.05, 4.69) is 4.98 Å². The average molecular weight is 186 g/mol. The molecular formula is C9H12F2N2. The number of rotatable bonds is 3. The van der Waals surface area contributed by atoms with Crippen molar-refractivity contribution in [3.63, 3.8) is 0 Å². The number of nitrogens with zero attached hydrogens (tertiary/aromatic N) is 1. The molecule has 0 aliphatic rings. The van der Waals surface area contributed by atoms with Gasteiger partial charge in [-0.15, -0.1) is 0 Å². The van der Waals surface area contributed by atoms with E-state index in [9.17, 15) is 8.78 Å². The van der Waals surface area contributed by atoms with Gasteiger partial charge in [-0.25, -0.2) is 8.78 Å². The highest BCUT2D eigenvalue weighted by Crippen LogP contribution is 2.16. The molecule has 0 amide bonds. The SMILES string of the molecule is CC(N)(Cc1ccccn1)C(F)F. The normalized spacial score (nSPS) is 15.8. The van der Waals surface area contributed by atoms with Crippen molar-refractivity contribution < 1.29 is 8.78 Å². The molecule has 0 aromatic carbocycles. The molecule has 2 nitrogen and oxygen atoms in total. The molecule has 2 N–H and O–H groups in total. The Morgan fingerprint density at radius 2 is 2.23 bits per heavy atom. The van der Waals surface area contributed by atoms with Crippen LogP contribution >= 0.6 is 0 Å². The lowest BCUT2D eigenvalue weighted by atomic mass is 9.97. The first-order valence-electron chi connectivity index (χ1n) is 3.99. The zero-order valence-electron chi connectivity index (χ0n) is 7.37. The van der Waals surface area contributed by atoms with Gasteiger partial charge in [0.2, 0.25) is 0 Å². The first-order chi connectivity index (χ1) is 6.02. The third-order valence-electron chi connectivity index (χ3n) is 1.79. The highest BCUT2D eigenvalue weighted by molar-refractivity contribution is 5.08. The number of alkyl halides is 2. The fourth-order valence-corrected chi connectivity index (χ4v) is 0.970. The molecule has 1 unspecified atom stereocenters. The van der Waals surface area contributed by atoms with Crippen LogP contribution in [0, 0.1) is 0 Å². The lowest BCUT2D eigenvalue weighted by Crippen LogP contribution is -2.46. The van der Waals surface area contributed by atoms with E-state index in [-0.39, 0.29) is 6.42 Å². The van der Waals surface area contributed by atoms with Crippen LogP contribution in [0.5, 0.6) is 0 Å². The van der Waals surface area contributed by atoms with E-state index in [1.165, 1.54) is 6.92 Å². The van der Waals surface area contributed by atoms with Gasteiger partial charge in [-0.2, -0.15) is 0 Å². The maximum Gasteiger partial charge on any atom is 0.256 e. The molecule has 0 spiro atoms. The fraction of sp³-hybridized carbons (Fsp3) is 0.444. The molecule has 1 atom stereocenters. The van der Waals surface area contributed by atoms with Gasteiger partial charge in [0.25, 0.3) is 6.43 Å². The van der Waals surface area contributed by atoms with Gasteiger partial charge in [0.15, 0.2) is 0 Å². The van der Waals surface area contributed by atoms with Gasteiger partial charge in [0.1, 0.15) is 0 Å². The molecule has 1 aromatic heterocycles. The number of hydrogen-bond acceptors (Lipinski definition) is 2. The largest absolute Gasteiger partial charge is 0.320 e. The summed E-state index contributed by atoms with van der Waals surface area (Å²) in [6.07, 6.45) is -0.878. The summed E-state index contributed by atoms with van der Waals surface area (Å²) < 4.78 is 24.7. The molecule has 0 fully saturated rings. The van der Waals surface area contributed by atoms with Gasteiger partial charge in [0.05, 0.1) is 5.54 Å². The summed E-state index contributed by atoms with van der Waals surface area (Å²) in [5, 5.41) is 0. The fourth-order valence-electron chi connectivity index (χ4n) is 0.970. The second kappa shape index (κ2) is 3.79. The van der Waals surface area contributed by atoms with E-state index in [1.807, 2.05) is 0 Å². The molecule has 1 aromatic rings. The molecular weight excluding hydrogens is 174 g/mol. The Balaban J connectivity index is 2.69. The van der Waals surface area contributed by atoms with Gasteiger partial charge < -0.3 is 5.73 Å². The molecule has 0 aliphatic heterocycles. The number of aromatic nitrogens is 1. The van der Waals surface area contributed by atoms with E-state index < -0.39 is 12.0 Å². The molecule has 1 rings (SSSR count). The Kier molecular flexibility index (Phi) is 2.93. The topological polar surface area (TPSA) is 38.9 Å². The Bertz CT molecular complexity index is 260. The monoisotopic (exact) mass is 186 g/mol. The zero-order valence-corrected chi connectivity index (χ0v) is 7.37. The highest BCUT2D eigenvalue weighted by Gasteiger charge is 2.30. The Morgan fingerprint density at radius 3 is 2.69 bits per heavy atom. The summed E-state index contributed by atoms with van der Waals surface area (Å²) in [4.78, 5) is 3.93. The third kappa shape index (κ3) is 2.73. The van der Waals surface area contributed by atoms with Crippen molar-refractivity contribution in [3.8, 4) is 0 Å². The summed E-state index contributed by atoms with van der Waals surface area (Å²) in [6.45, 7) is 1.33. The number of nitrogens with two attached hydrogens (primary N) is 1. The van der Waals surface area contributed by atoms with Crippen molar-refractivity contribution in [1.29, 1.82) is 0 Å². The summed E-state index contributed by atoms with van der Waals surface area (Å²) in [5.74, 6) is 0. The smallest absolute Gasteiger partial charge is 0.256 e. The summed E-state index contributed by atoms with van der Waals surface area (Å²) in [7, 11) is 0. The predicted octanol–water partition coefficient (Wildman–Crippen LogP) is 1.61. The van der Waals surface area contributed by atoms with Crippen LogP contribution in [0.3, 0.4) is 0 Å². The third-order valence-corrected chi connectivity index (χ3v) is 1.79. The molecule has 4 heteroatoms. The van der Waals surface area contributed by atoms with Crippen LogP contribution in [0.4, 0.5) is 8.78 Å². The molecule has 13 heavy (non-hydrogen) atoms. The highest BCUT2D eigenvalue weighted by atomic mass is 19.3. The molecule has 0 saturated carbocycles. The second-order valence-corrected chi connectivity index (χ2v) is 3.30. The van der Waals surface area contributed by atoms with Gasteiger partial charge in [-0.3, -0.25) is 4.98 Å². The lowest BCUT2D eigenvalue weighted by Gasteiger charge is -2.22. The van der Waals surface area contributed by atoms with Gasteiger partial charge in [-0.05, 0) is 19.1 Å². The van der Waals surface area contributed by atoms with Crippen molar-refractivity contribution in [1.82, 2.24) is 4.98 Å². The minimum absolute atomic E-state index is 0.0888. The predicted molar refractivity (Wildman–Crippen MR) is 46.5 cm³/mol. The number of hydrogen-bond donors (Lipinski definition) is 1. The summed E-state index contributed by atoms with van der Waals surface area (Å²) in [5.41, 5.74) is 4.50. The first-order valence-corrected chi connectivity index (χ1v) is 3.99. The number of halogens is 2. The van der Waals surface area contributed by atoms with Crippen LogP contribution in [-0.2, 0) is 6.42 Å². The Hall–Kier alpha value is -1.03. The van der Waals surface area contributed by atoms with Crippen molar-refractivity contribution in [2.75, 3.05) is 0 Å². The van der Waals surface area contributed by atoms with Crippen LogP contribution in [-0.4, -0.2) is 16.9 Å². The molecule has 0 saturated heterocycles. The molecule has 0 bridgehead atoms. The first kappa shape index (κ1) is 10.1. The molecule has 0 aliphatic carbocycles. The Labute approximate surface area is 75.8 Å². The van der Waals surface area contributed by atoms with Crippen molar-refractivity contribution in [3.05, 3.63) is 30.1 Å². The average Bonchev–Trinajstić information content (AvgIpc) is 2.05. The maximum absolute atomic E-state index is 12.3. The van der Waals surface area contributed by atoms with Crippen LogP contribution in [0.2, 0.25) is 0 Å². The van der Waals surface area contributed by atoms with Crippen molar-refractivity contribution in [2.45, 2.75) is 25.3 Å². The van der Waals surface area contributed by atoms with E-state index in [4.69, 9.17) is 5.73 Å². The van der Waals surface area contributed by atoms with Crippen LogP contribution in [0.1, 0.15) is 12.6 Å². The van der Waals surface area contributed by atoms with Gasteiger partial charge in [-0.1, -0.05) is 6.07 Å².